The summed E-state index contributed by atoms with van der Waals surface area (Å²) in [5, 5.41) is 8.63. The van der Waals surface area contributed by atoms with Crippen LogP contribution in [0.15, 0.2) is 12.2 Å². The molecule has 0 rings (SSSR count). The first-order valence-electron chi connectivity index (χ1n) is 4.63. The number of aliphatic carboxylic acids is 1. The van der Waals surface area contributed by atoms with Gasteiger partial charge in [-0.3, -0.25) is 0 Å². The normalized spacial score (nSPS) is 13.8. The fourth-order valence-electron chi connectivity index (χ4n) is 1.63. The van der Waals surface area contributed by atoms with Crippen LogP contribution in [0.2, 0.25) is 0 Å². The second-order valence-corrected chi connectivity index (χ2v) is 4.98. The van der Waals surface area contributed by atoms with Gasteiger partial charge in [0.25, 0.3) is 0 Å². The lowest BCUT2D eigenvalue weighted by molar-refractivity contribution is -0.132. The molecule has 1 atom stereocenters. The molecule has 2 nitrogen and oxygen atoms in total. The van der Waals surface area contributed by atoms with Gasteiger partial charge in [0.05, 0.1) is 0 Å². The van der Waals surface area contributed by atoms with Crippen molar-refractivity contribution in [3.63, 3.8) is 0 Å². The van der Waals surface area contributed by atoms with Gasteiger partial charge in [-0.25, -0.2) is 4.79 Å². The van der Waals surface area contributed by atoms with E-state index in [1.165, 1.54) is 0 Å². The average Bonchev–Trinajstić information content (AvgIpc) is 1.81. The maximum absolute atomic E-state index is 10.5. The molecular formula is C11H20O2. The molecule has 0 aliphatic heterocycles. The summed E-state index contributed by atoms with van der Waals surface area (Å²) >= 11 is 0. The number of rotatable bonds is 4. The maximum atomic E-state index is 10.5. The zero-order valence-corrected chi connectivity index (χ0v) is 9.05. The molecule has 1 unspecified atom stereocenters. The number of carbonyl (C=O) groups is 1. The van der Waals surface area contributed by atoms with Crippen LogP contribution in [-0.4, -0.2) is 11.1 Å². The summed E-state index contributed by atoms with van der Waals surface area (Å²) in [7, 11) is 0. The van der Waals surface area contributed by atoms with Gasteiger partial charge in [-0.1, -0.05) is 34.3 Å². The molecule has 0 heterocycles. The maximum Gasteiger partial charge on any atom is 0.330 e. The summed E-state index contributed by atoms with van der Waals surface area (Å²) < 4.78 is 0. The van der Waals surface area contributed by atoms with Crippen LogP contribution in [0, 0.1) is 11.3 Å². The Morgan fingerprint density at radius 2 is 1.92 bits per heavy atom. The molecule has 0 amide bonds. The molecular weight excluding hydrogens is 164 g/mol. The van der Waals surface area contributed by atoms with E-state index in [0.29, 0.717) is 17.9 Å². The highest BCUT2D eigenvalue weighted by Crippen LogP contribution is 2.27. The minimum atomic E-state index is -0.874. The minimum absolute atomic E-state index is 0.262. The Bertz CT molecular complexity index is 199. The highest BCUT2D eigenvalue weighted by Gasteiger charge is 2.17. The van der Waals surface area contributed by atoms with Gasteiger partial charge in [-0.05, 0) is 24.2 Å². The van der Waals surface area contributed by atoms with Crippen molar-refractivity contribution in [3.05, 3.63) is 12.2 Å². The molecule has 0 saturated carbocycles. The van der Waals surface area contributed by atoms with Gasteiger partial charge in [0.15, 0.2) is 0 Å². The van der Waals surface area contributed by atoms with Gasteiger partial charge in [-0.2, -0.15) is 0 Å². The van der Waals surface area contributed by atoms with Gasteiger partial charge in [0.1, 0.15) is 0 Å². The first-order chi connectivity index (χ1) is 5.72. The Morgan fingerprint density at radius 1 is 1.46 bits per heavy atom. The van der Waals surface area contributed by atoms with Crippen molar-refractivity contribution in [1.82, 2.24) is 0 Å². The Balaban J connectivity index is 3.95. The van der Waals surface area contributed by atoms with Crippen molar-refractivity contribution in [1.29, 1.82) is 0 Å². The topological polar surface area (TPSA) is 37.3 Å². The molecule has 2 heteroatoms. The van der Waals surface area contributed by atoms with Crippen LogP contribution in [0.5, 0.6) is 0 Å². The van der Waals surface area contributed by atoms with E-state index in [2.05, 4.69) is 34.3 Å². The first-order valence-corrected chi connectivity index (χ1v) is 4.63. The van der Waals surface area contributed by atoms with E-state index in [1.807, 2.05) is 0 Å². The Labute approximate surface area is 80.7 Å². The highest BCUT2D eigenvalue weighted by atomic mass is 16.4. The van der Waals surface area contributed by atoms with E-state index >= 15 is 0 Å². The van der Waals surface area contributed by atoms with Crippen molar-refractivity contribution in [2.45, 2.75) is 40.5 Å². The third-order valence-corrected chi connectivity index (χ3v) is 1.86. The molecule has 0 saturated heterocycles. The number of carboxylic acids is 1. The van der Waals surface area contributed by atoms with Crippen molar-refractivity contribution in [3.8, 4) is 0 Å². The van der Waals surface area contributed by atoms with Crippen LogP contribution in [0.25, 0.3) is 0 Å². The summed E-state index contributed by atoms with van der Waals surface area (Å²) in [6, 6.07) is 0. The van der Waals surface area contributed by atoms with Crippen LogP contribution < -0.4 is 0 Å². The summed E-state index contributed by atoms with van der Waals surface area (Å²) in [5.41, 5.74) is 0.579. The smallest absolute Gasteiger partial charge is 0.330 e. The molecule has 0 radical (unpaired) electrons. The van der Waals surface area contributed by atoms with E-state index in [4.69, 9.17) is 5.11 Å². The first kappa shape index (κ1) is 12.2. The second kappa shape index (κ2) is 4.45. The molecule has 0 bridgehead atoms. The Hall–Kier alpha value is -0.790. The van der Waals surface area contributed by atoms with E-state index in [9.17, 15) is 4.79 Å². The van der Waals surface area contributed by atoms with Crippen molar-refractivity contribution >= 4 is 5.97 Å². The minimum Gasteiger partial charge on any atom is -0.478 e. The molecule has 0 aliphatic rings. The van der Waals surface area contributed by atoms with Crippen LogP contribution >= 0.6 is 0 Å². The molecule has 0 fully saturated rings. The summed E-state index contributed by atoms with van der Waals surface area (Å²) in [4.78, 5) is 10.5. The van der Waals surface area contributed by atoms with Gasteiger partial charge < -0.3 is 5.11 Å². The predicted octanol–water partition coefficient (Wildman–Crippen LogP) is 3.09. The van der Waals surface area contributed by atoms with Crippen LogP contribution in [0.4, 0.5) is 0 Å². The van der Waals surface area contributed by atoms with E-state index in [0.717, 1.165) is 6.42 Å². The Morgan fingerprint density at radius 3 is 2.23 bits per heavy atom. The third kappa shape index (κ3) is 6.38. The molecule has 0 spiro atoms. The predicted molar refractivity (Wildman–Crippen MR) is 54.6 cm³/mol. The highest BCUT2D eigenvalue weighted by molar-refractivity contribution is 5.85. The zero-order valence-electron chi connectivity index (χ0n) is 9.05. The standard InChI is InChI=1S/C11H20O2/c1-8(7-11(3,4)5)6-9(2)10(12)13/h8H,2,6-7H2,1,3-5H3,(H,12,13). The quantitative estimate of drug-likeness (QED) is 0.682. The van der Waals surface area contributed by atoms with Crippen LogP contribution in [0.3, 0.4) is 0 Å². The molecule has 13 heavy (non-hydrogen) atoms. The summed E-state index contributed by atoms with van der Waals surface area (Å²) in [6.07, 6.45) is 1.62. The van der Waals surface area contributed by atoms with E-state index in [-0.39, 0.29) is 5.41 Å². The fourth-order valence-corrected chi connectivity index (χ4v) is 1.63. The van der Waals surface area contributed by atoms with Gasteiger partial charge in [0.2, 0.25) is 0 Å². The number of hydrogen-bond donors (Lipinski definition) is 1. The number of hydrogen-bond acceptors (Lipinski definition) is 1. The molecule has 0 aromatic rings. The lowest BCUT2D eigenvalue weighted by Crippen LogP contribution is -2.13. The Kier molecular flexibility index (Phi) is 4.18. The van der Waals surface area contributed by atoms with E-state index < -0.39 is 5.97 Å². The molecule has 0 aromatic carbocycles. The summed E-state index contributed by atoms with van der Waals surface area (Å²) in [6.45, 7) is 12.1. The second-order valence-electron chi connectivity index (χ2n) is 4.98. The van der Waals surface area contributed by atoms with E-state index in [1.54, 1.807) is 0 Å². The zero-order chi connectivity index (χ0) is 10.6. The van der Waals surface area contributed by atoms with Gasteiger partial charge in [0, 0.05) is 5.57 Å². The van der Waals surface area contributed by atoms with Crippen LogP contribution in [-0.2, 0) is 4.79 Å². The lowest BCUT2D eigenvalue weighted by Gasteiger charge is -2.23. The lowest BCUT2D eigenvalue weighted by atomic mass is 9.83. The van der Waals surface area contributed by atoms with Crippen LogP contribution in [0.1, 0.15) is 40.5 Å². The third-order valence-electron chi connectivity index (χ3n) is 1.86. The van der Waals surface area contributed by atoms with Crippen molar-refractivity contribution in [2.75, 3.05) is 0 Å². The van der Waals surface area contributed by atoms with Crippen molar-refractivity contribution < 1.29 is 9.90 Å². The van der Waals surface area contributed by atoms with Gasteiger partial charge in [-0.15, -0.1) is 0 Å². The molecule has 0 aliphatic carbocycles. The summed E-state index contributed by atoms with van der Waals surface area (Å²) in [5.74, 6) is -0.482. The van der Waals surface area contributed by atoms with Gasteiger partial charge >= 0.3 is 5.97 Å². The fraction of sp³-hybridized carbons (Fsp3) is 0.727. The monoisotopic (exact) mass is 184 g/mol. The molecule has 1 N–H and O–H groups in total. The molecule has 0 aromatic heterocycles. The average molecular weight is 184 g/mol. The largest absolute Gasteiger partial charge is 0.478 e. The molecule has 76 valence electrons. The SMILES string of the molecule is C=C(CC(C)CC(C)(C)C)C(=O)O. The number of carboxylic acid groups (broad SMARTS) is 1. The van der Waals surface area contributed by atoms with Crippen molar-refractivity contribution in [2.24, 2.45) is 11.3 Å².